The first-order valence-electron chi connectivity index (χ1n) is 8.97. The molecule has 142 valence electrons. The molecule has 0 fully saturated rings. The quantitative estimate of drug-likeness (QED) is 0.499. The summed E-state index contributed by atoms with van der Waals surface area (Å²) in [5.74, 6) is 1.95. The van der Waals surface area contributed by atoms with Crippen LogP contribution >= 0.6 is 11.8 Å². The molecule has 1 aromatic carbocycles. The van der Waals surface area contributed by atoms with Crippen LogP contribution in [0.4, 0.5) is 0 Å². The van der Waals surface area contributed by atoms with E-state index in [1.165, 1.54) is 11.6 Å². The number of aromatic nitrogens is 4. The zero-order chi connectivity index (χ0) is 19.7. The number of benzene rings is 1. The summed E-state index contributed by atoms with van der Waals surface area (Å²) < 4.78 is 2.54. The van der Waals surface area contributed by atoms with Gasteiger partial charge in [0.25, 0.3) is 5.56 Å². The second-order valence-electron chi connectivity index (χ2n) is 7.10. The molecule has 27 heavy (non-hydrogen) atoms. The SMILES string of the molecule is Cc1ccccc1-c1nc(SCCC(C)C)c2c(=O)n(C)c(=O)n(C)c2n1. The van der Waals surface area contributed by atoms with Gasteiger partial charge in [-0.15, -0.1) is 11.8 Å². The van der Waals surface area contributed by atoms with Gasteiger partial charge in [-0.3, -0.25) is 13.9 Å². The van der Waals surface area contributed by atoms with E-state index in [1.54, 1.807) is 18.8 Å². The predicted octanol–water partition coefficient (Wildman–Crippen LogP) is 3.14. The van der Waals surface area contributed by atoms with E-state index in [2.05, 4.69) is 18.8 Å². The summed E-state index contributed by atoms with van der Waals surface area (Å²) in [6.45, 7) is 6.33. The average Bonchev–Trinajstić information content (AvgIpc) is 2.64. The Hall–Kier alpha value is -2.41. The Balaban J connectivity index is 2.30. The summed E-state index contributed by atoms with van der Waals surface area (Å²) in [6, 6.07) is 7.85. The maximum atomic E-state index is 12.8. The molecule has 7 heteroatoms. The number of thioether (sulfide) groups is 1. The van der Waals surface area contributed by atoms with E-state index in [1.807, 2.05) is 31.2 Å². The van der Waals surface area contributed by atoms with Crippen molar-refractivity contribution < 1.29 is 0 Å². The van der Waals surface area contributed by atoms with Gasteiger partial charge in [-0.05, 0) is 30.6 Å². The maximum absolute atomic E-state index is 12.8. The normalized spacial score (nSPS) is 11.5. The predicted molar refractivity (Wildman–Crippen MR) is 110 cm³/mol. The first-order chi connectivity index (χ1) is 12.8. The lowest BCUT2D eigenvalue weighted by Crippen LogP contribution is -2.37. The number of aryl methyl sites for hydroxylation is 2. The summed E-state index contributed by atoms with van der Waals surface area (Å²) in [7, 11) is 3.13. The zero-order valence-corrected chi connectivity index (χ0v) is 17.1. The molecule has 6 nitrogen and oxygen atoms in total. The molecule has 0 aliphatic heterocycles. The Morgan fingerprint density at radius 2 is 1.78 bits per heavy atom. The molecule has 3 aromatic rings. The monoisotopic (exact) mass is 384 g/mol. The summed E-state index contributed by atoms with van der Waals surface area (Å²) in [5, 5.41) is 1.04. The van der Waals surface area contributed by atoms with Crippen LogP contribution < -0.4 is 11.2 Å². The van der Waals surface area contributed by atoms with Crippen LogP contribution in [-0.2, 0) is 14.1 Å². The van der Waals surface area contributed by atoms with Gasteiger partial charge in [-0.2, -0.15) is 0 Å². The standard InChI is InChI=1S/C20H24N4O2S/c1-12(2)10-11-27-18-15-17(23(4)20(26)24(5)19(15)25)21-16(22-18)14-9-7-6-8-13(14)3/h6-9,12H,10-11H2,1-5H3. The minimum Gasteiger partial charge on any atom is -0.280 e. The van der Waals surface area contributed by atoms with E-state index < -0.39 is 0 Å². The Labute approximate surface area is 162 Å². The Bertz CT molecular complexity index is 1120. The molecule has 0 amide bonds. The van der Waals surface area contributed by atoms with Gasteiger partial charge < -0.3 is 0 Å². The smallest absolute Gasteiger partial charge is 0.280 e. The Morgan fingerprint density at radius 3 is 2.44 bits per heavy atom. The van der Waals surface area contributed by atoms with Gasteiger partial charge in [0.1, 0.15) is 10.4 Å². The molecular weight excluding hydrogens is 360 g/mol. The Morgan fingerprint density at radius 1 is 1.07 bits per heavy atom. The fourth-order valence-corrected chi connectivity index (χ4v) is 4.13. The van der Waals surface area contributed by atoms with E-state index in [0.29, 0.717) is 27.8 Å². The molecule has 0 N–H and O–H groups in total. The lowest BCUT2D eigenvalue weighted by atomic mass is 10.1. The molecule has 0 atom stereocenters. The number of hydrogen-bond acceptors (Lipinski definition) is 5. The summed E-state index contributed by atoms with van der Waals surface area (Å²) >= 11 is 1.55. The lowest BCUT2D eigenvalue weighted by Gasteiger charge is -2.13. The van der Waals surface area contributed by atoms with Crippen molar-refractivity contribution in [3.8, 4) is 11.4 Å². The summed E-state index contributed by atoms with van der Waals surface area (Å²) in [5.41, 5.74) is 1.59. The average molecular weight is 385 g/mol. The van der Waals surface area contributed by atoms with E-state index in [0.717, 1.165) is 27.9 Å². The zero-order valence-electron chi connectivity index (χ0n) is 16.3. The number of hydrogen-bond donors (Lipinski definition) is 0. The van der Waals surface area contributed by atoms with Crippen molar-refractivity contribution in [3.05, 3.63) is 50.7 Å². The molecule has 0 spiro atoms. The first-order valence-corrected chi connectivity index (χ1v) is 9.96. The van der Waals surface area contributed by atoms with Crippen LogP contribution in [0.2, 0.25) is 0 Å². The van der Waals surface area contributed by atoms with Crippen LogP contribution in [-0.4, -0.2) is 24.9 Å². The molecule has 0 bridgehead atoms. The highest BCUT2D eigenvalue weighted by Crippen LogP contribution is 2.28. The fourth-order valence-electron chi connectivity index (χ4n) is 2.87. The topological polar surface area (TPSA) is 69.8 Å². The van der Waals surface area contributed by atoms with Crippen LogP contribution in [0.25, 0.3) is 22.4 Å². The highest BCUT2D eigenvalue weighted by molar-refractivity contribution is 7.99. The van der Waals surface area contributed by atoms with Crippen molar-refractivity contribution in [2.24, 2.45) is 20.0 Å². The van der Waals surface area contributed by atoms with E-state index in [4.69, 9.17) is 4.98 Å². The third-order valence-electron chi connectivity index (χ3n) is 4.59. The van der Waals surface area contributed by atoms with Gasteiger partial charge in [-0.1, -0.05) is 38.1 Å². The number of fused-ring (bicyclic) bond motifs is 1. The van der Waals surface area contributed by atoms with Crippen molar-refractivity contribution in [2.45, 2.75) is 32.2 Å². The maximum Gasteiger partial charge on any atom is 0.332 e. The van der Waals surface area contributed by atoms with Gasteiger partial charge in [0.15, 0.2) is 11.5 Å². The lowest BCUT2D eigenvalue weighted by molar-refractivity contribution is 0.632. The molecule has 0 radical (unpaired) electrons. The van der Waals surface area contributed by atoms with Crippen molar-refractivity contribution >= 4 is 22.8 Å². The molecule has 0 aliphatic rings. The van der Waals surface area contributed by atoms with Gasteiger partial charge in [0.05, 0.1) is 0 Å². The molecule has 2 aromatic heterocycles. The highest BCUT2D eigenvalue weighted by atomic mass is 32.2. The Kier molecular flexibility index (Phi) is 5.51. The molecule has 0 unspecified atom stereocenters. The van der Waals surface area contributed by atoms with Crippen LogP contribution in [0, 0.1) is 12.8 Å². The van der Waals surface area contributed by atoms with Gasteiger partial charge in [-0.25, -0.2) is 14.8 Å². The van der Waals surface area contributed by atoms with Crippen LogP contribution in [0.5, 0.6) is 0 Å². The van der Waals surface area contributed by atoms with Crippen LogP contribution in [0.1, 0.15) is 25.8 Å². The minimum absolute atomic E-state index is 0.350. The van der Waals surface area contributed by atoms with E-state index >= 15 is 0 Å². The molecule has 0 saturated heterocycles. The molecule has 0 saturated carbocycles. The number of rotatable bonds is 5. The van der Waals surface area contributed by atoms with Crippen LogP contribution in [0.3, 0.4) is 0 Å². The second kappa shape index (κ2) is 7.68. The van der Waals surface area contributed by atoms with Crippen molar-refractivity contribution in [1.82, 2.24) is 19.1 Å². The van der Waals surface area contributed by atoms with Crippen molar-refractivity contribution in [1.29, 1.82) is 0 Å². The minimum atomic E-state index is -0.389. The third-order valence-corrected chi connectivity index (χ3v) is 5.60. The highest BCUT2D eigenvalue weighted by Gasteiger charge is 2.18. The van der Waals surface area contributed by atoms with Crippen molar-refractivity contribution in [3.63, 3.8) is 0 Å². The fraction of sp³-hybridized carbons (Fsp3) is 0.400. The largest absolute Gasteiger partial charge is 0.332 e. The molecular formula is C20H24N4O2S. The van der Waals surface area contributed by atoms with Gasteiger partial charge in [0, 0.05) is 19.7 Å². The van der Waals surface area contributed by atoms with E-state index in [-0.39, 0.29) is 11.2 Å². The summed E-state index contributed by atoms with van der Waals surface area (Å²) in [6.07, 6.45) is 1.02. The first kappa shape index (κ1) is 19.4. The number of nitrogens with zero attached hydrogens (tertiary/aromatic N) is 4. The van der Waals surface area contributed by atoms with Gasteiger partial charge >= 0.3 is 5.69 Å². The van der Waals surface area contributed by atoms with Gasteiger partial charge in [0.2, 0.25) is 0 Å². The third kappa shape index (κ3) is 3.69. The van der Waals surface area contributed by atoms with Crippen LogP contribution in [0.15, 0.2) is 38.9 Å². The van der Waals surface area contributed by atoms with E-state index in [9.17, 15) is 9.59 Å². The molecule has 2 heterocycles. The second-order valence-corrected chi connectivity index (χ2v) is 8.19. The van der Waals surface area contributed by atoms with Crippen molar-refractivity contribution in [2.75, 3.05) is 5.75 Å². The summed E-state index contributed by atoms with van der Waals surface area (Å²) in [4.78, 5) is 34.5. The molecule has 3 rings (SSSR count). The molecule has 0 aliphatic carbocycles.